The lowest BCUT2D eigenvalue weighted by atomic mass is 10.1. The van der Waals surface area contributed by atoms with Gasteiger partial charge in [-0.15, -0.1) is 11.3 Å². The summed E-state index contributed by atoms with van der Waals surface area (Å²) >= 11 is 1.39. The summed E-state index contributed by atoms with van der Waals surface area (Å²) in [4.78, 5) is 26.2. The van der Waals surface area contributed by atoms with Crippen LogP contribution in [0.15, 0.2) is 41.8 Å². The van der Waals surface area contributed by atoms with Crippen molar-refractivity contribution in [2.24, 2.45) is 5.73 Å². The number of para-hydroxylation sites is 1. The molecule has 1 aliphatic heterocycles. The van der Waals surface area contributed by atoms with E-state index >= 15 is 0 Å². The molecule has 21 heavy (non-hydrogen) atoms. The minimum Gasteiger partial charge on any atom is -0.480 e. The van der Waals surface area contributed by atoms with Crippen molar-refractivity contribution in [2.75, 3.05) is 4.90 Å². The Morgan fingerprint density at radius 2 is 2.05 bits per heavy atom. The fourth-order valence-corrected chi connectivity index (χ4v) is 3.31. The van der Waals surface area contributed by atoms with Crippen LogP contribution >= 0.6 is 11.3 Å². The average molecular weight is 302 g/mol. The number of carboxylic acid groups (broad SMARTS) is 1. The second kappa shape index (κ2) is 5.31. The third-order valence-electron chi connectivity index (χ3n) is 3.61. The van der Waals surface area contributed by atoms with Crippen LogP contribution in [0, 0.1) is 0 Å². The van der Waals surface area contributed by atoms with Gasteiger partial charge < -0.3 is 10.8 Å². The topological polar surface area (TPSA) is 83.6 Å². The highest BCUT2D eigenvalue weighted by Crippen LogP contribution is 2.34. The van der Waals surface area contributed by atoms with Crippen molar-refractivity contribution in [3.05, 3.63) is 52.2 Å². The number of benzene rings is 1. The van der Waals surface area contributed by atoms with Crippen molar-refractivity contribution < 1.29 is 14.7 Å². The molecule has 6 heteroatoms. The number of hydrogen-bond acceptors (Lipinski definition) is 4. The second-order valence-corrected chi connectivity index (χ2v) is 5.87. The van der Waals surface area contributed by atoms with Gasteiger partial charge in [-0.2, -0.15) is 0 Å². The largest absolute Gasteiger partial charge is 0.480 e. The van der Waals surface area contributed by atoms with Gasteiger partial charge in [0, 0.05) is 17.0 Å². The van der Waals surface area contributed by atoms with Gasteiger partial charge in [0.25, 0.3) is 0 Å². The molecule has 5 nitrogen and oxygen atoms in total. The highest BCUT2D eigenvalue weighted by atomic mass is 32.1. The van der Waals surface area contributed by atoms with Gasteiger partial charge in [0.1, 0.15) is 12.1 Å². The molecule has 1 aliphatic rings. The Kier molecular flexibility index (Phi) is 3.48. The van der Waals surface area contributed by atoms with E-state index in [2.05, 4.69) is 0 Å². The number of fused-ring (bicyclic) bond motifs is 1. The van der Waals surface area contributed by atoms with E-state index in [0.29, 0.717) is 12.1 Å². The number of carbonyl (C=O) groups is 2. The number of nitrogens with zero attached hydrogens (tertiary/aromatic N) is 1. The summed E-state index contributed by atoms with van der Waals surface area (Å²) in [7, 11) is 0. The Morgan fingerprint density at radius 3 is 2.71 bits per heavy atom. The molecule has 1 aromatic heterocycles. The number of rotatable bonds is 3. The Hall–Kier alpha value is -2.18. The molecule has 2 heterocycles. The molecule has 1 unspecified atom stereocenters. The number of carbonyl (C=O) groups excluding carboxylic acids is 1. The summed E-state index contributed by atoms with van der Waals surface area (Å²) in [5, 5.41) is 11.2. The number of anilines is 1. The maximum atomic E-state index is 12.7. The summed E-state index contributed by atoms with van der Waals surface area (Å²) < 4.78 is 0. The van der Waals surface area contributed by atoms with E-state index < -0.39 is 18.1 Å². The van der Waals surface area contributed by atoms with E-state index in [9.17, 15) is 14.7 Å². The lowest BCUT2D eigenvalue weighted by molar-refractivity contribution is -0.140. The molecule has 0 radical (unpaired) electrons. The van der Waals surface area contributed by atoms with E-state index in [1.807, 2.05) is 23.6 Å². The van der Waals surface area contributed by atoms with Crippen LogP contribution in [0.25, 0.3) is 0 Å². The van der Waals surface area contributed by atoms with E-state index in [-0.39, 0.29) is 5.91 Å². The molecule has 0 saturated carbocycles. The zero-order valence-corrected chi connectivity index (χ0v) is 11.9. The van der Waals surface area contributed by atoms with Crippen LogP contribution < -0.4 is 10.6 Å². The second-order valence-electron chi connectivity index (χ2n) is 4.89. The Bertz CT molecular complexity index is 684. The first kappa shape index (κ1) is 13.8. The van der Waals surface area contributed by atoms with Gasteiger partial charge in [-0.25, -0.2) is 4.79 Å². The van der Waals surface area contributed by atoms with E-state index in [1.54, 1.807) is 18.2 Å². The van der Waals surface area contributed by atoms with Gasteiger partial charge in [-0.05, 0) is 23.1 Å². The van der Waals surface area contributed by atoms with Crippen LogP contribution in [-0.2, 0) is 16.0 Å². The standard InChI is InChI=1S/C15H14N2O3S/c16-13(12-6-3-7-21-12)14(18)17-10-5-2-1-4-9(10)8-11(17)15(19)20/h1-7,11,13H,8,16H2,(H,19,20)/t11-,13?/m0/s1. The average Bonchev–Trinajstić information content (AvgIpc) is 3.12. The number of amides is 1. The Morgan fingerprint density at radius 1 is 1.29 bits per heavy atom. The van der Waals surface area contributed by atoms with Crippen LogP contribution in [-0.4, -0.2) is 23.0 Å². The van der Waals surface area contributed by atoms with Crippen molar-refractivity contribution in [1.29, 1.82) is 0 Å². The number of thiophene rings is 1. The molecular weight excluding hydrogens is 288 g/mol. The normalized spacial score (nSPS) is 18.3. The molecule has 0 aliphatic carbocycles. The zero-order chi connectivity index (χ0) is 15.0. The minimum atomic E-state index is -1.02. The molecule has 2 atom stereocenters. The summed E-state index contributed by atoms with van der Waals surface area (Å²) in [6.45, 7) is 0. The fourth-order valence-electron chi connectivity index (χ4n) is 2.60. The van der Waals surface area contributed by atoms with Crippen LogP contribution in [0.4, 0.5) is 5.69 Å². The van der Waals surface area contributed by atoms with Gasteiger partial charge in [0.15, 0.2) is 0 Å². The van der Waals surface area contributed by atoms with E-state index in [4.69, 9.17) is 5.73 Å². The smallest absolute Gasteiger partial charge is 0.327 e. The lowest BCUT2D eigenvalue weighted by Crippen LogP contribution is -2.46. The molecule has 0 bridgehead atoms. The van der Waals surface area contributed by atoms with Crippen LogP contribution in [0.1, 0.15) is 16.5 Å². The third kappa shape index (κ3) is 2.32. The van der Waals surface area contributed by atoms with Crippen LogP contribution in [0.2, 0.25) is 0 Å². The van der Waals surface area contributed by atoms with Crippen LogP contribution in [0.3, 0.4) is 0 Å². The molecule has 3 N–H and O–H groups in total. The van der Waals surface area contributed by atoms with Crippen molar-refractivity contribution in [3.63, 3.8) is 0 Å². The SMILES string of the molecule is NC(C(=O)N1c2ccccc2C[C@H]1C(=O)O)c1cccs1. The third-order valence-corrected chi connectivity index (χ3v) is 4.57. The predicted molar refractivity (Wildman–Crippen MR) is 80.3 cm³/mol. The van der Waals surface area contributed by atoms with E-state index in [0.717, 1.165) is 10.4 Å². The summed E-state index contributed by atoms with van der Waals surface area (Å²) in [6, 6.07) is 9.11. The first-order valence-corrected chi connectivity index (χ1v) is 7.40. The van der Waals surface area contributed by atoms with Gasteiger partial charge in [-0.3, -0.25) is 9.69 Å². The Balaban J connectivity index is 1.98. The molecular formula is C15H14N2O3S. The molecule has 2 aromatic rings. The molecule has 1 amide bonds. The summed E-state index contributed by atoms with van der Waals surface area (Å²) in [5.74, 6) is -1.40. The highest BCUT2D eigenvalue weighted by molar-refractivity contribution is 7.10. The van der Waals surface area contributed by atoms with Gasteiger partial charge in [-0.1, -0.05) is 24.3 Å². The maximum absolute atomic E-state index is 12.7. The van der Waals surface area contributed by atoms with Crippen LogP contribution in [0.5, 0.6) is 0 Å². The summed E-state index contributed by atoms with van der Waals surface area (Å²) in [6.07, 6.45) is 0.314. The first-order valence-electron chi connectivity index (χ1n) is 6.52. The molecule has 0 spiro atoms. The van der Waals surface area contributed by atoms with Crippen molar-refractivity contribution in [1.82, 2.24) is 0 Å². The highest BCUT2D eigenvalue weighted by Gasteiger charge is 2.40. The zero-order valence-electron chi connectivity index (χ0n) is 11.1. The number of nitrogens with two attached hydrogens (primary N) is 1. The monoisotopic (exact) mass is 302 g/mol. The number of aliphatic carboxylic acids is 1. The van der Waals surface area contributed by atoms with Gasteiger partial charge in [0.05, 0.1) is 0 Å². The van der Waals surface area contributed by atoms with Crippen molar-refractivity contribution in [3.8, 4) is 0 Å². The molecule has 3 rings (SSSR count). The molecule has 0 fully saturated rings. The van der Waals surface area contributed by atoms with Gasteiger partial charge in [0.2, 0.25) is 5.91 Å². The molecule has 0 saturated heterocycles. The van der Waals surface area contributed by atoms with Crippen molar-refractivity contribution >= 4 is 28.9 Å². The Labute approximate surface area is 125 Å². The predicted octanol–water partition coefficient (Wildman–Crippen LogP) is 1.79. The number of carboxylic acids is 1. The minimum absolute atomic E-state index is 0.314. The molecule has 1 aromatic carbocycles. The molecule has 108 valence electrons. The first-order chi connectivity index (χ1) is 10.1. The summed E-state index contributed by atoms with van der Waals surface area (Å²) in [5.41, 5.74) is 7.51. The van der Waals surface area contributed by atoms with Crippen molar-refractivity contribution in [2.45, 2.75) is 18.5 Å². The maximum Gasteiger partial charge on any atom is 0.327 e. The fraction of sp³-hybridized carbons (Fsp3) is 0.200. The quantitative estimate of drug-likeness (QED) is 0.905. The van der Waals surface area contributed by atoms with Gasteiger partial charge >= 0.3 is 5.97 Å². The van der Waals surface area contributed by atoms with E-state index in [1.165, 1.54) is 16.2 Å². The number of hydrogen-bond donors (Lipinski definition) is 2. The lowest BCUT2D eigenvalue weighted by Gasteiger charge is -2.25.